The molecule has 0 saturated heterocycles. The fraction of sp³-hybridized carbons (Fsp3) is 0.400. The number of nitrogen functional groups attached to an aromatic ring is 1. The minimum atomic E-state index is 0.377. The number of fused-ring (bicyclic) bond motifs is 2. The van der Waals surface area contributed by atoms with Crippen molar-refractivity contribution in [2.24, 2.45) is 0 Å². The van der Waals surface area contributed by atoms with Crippen LogP contribution in [0.1, 0.15) is 31.4 Å². The lowest BCUT2D eigenvalue weighted by molar-refractivity contribution is 0.525. The Kier molecular flexibility index (Phi) is 5.94. The molecule has 0 atom stereocenters. The molecule has 2 aromatic heterocycles. The maximum atomic E-state index is 9.66. The zero-order valence-electron chi connectivity index (χ0n) is 16.5. The summed E-state index contributed by atoms with van der Waals surface area (Å²) in [6.45, 7) is 5.94. The van der Waals surface area contributed by atoms with Crippen LogP contribution >= 0.6 is 23.5 Å². The van der Waals surface area contributed by atoms with Crippen molar-refractivity contribution in [1.29, 1.82) is 5.26 Å². The average molecular weight is 426 g/mol. The Labute approximate surface area is 178 Å². The lowest BCUT2D eigenvalue weighted by Gasteiger charge is -2.11. The van der Waals surface area contributed by atoms with E-state index in [1.807, 2.05) is 17.8 Å². The number of benzene rings is 1. The number of anilines is 1. The summed E-state index contributed by atoms with van der Waals surface area (Å²) >= 11 is 3.32. The lowest BCUT2D eigenvalue weighted by Crippen LogP contribution is -2.24. The van der Waals surface area contributed by atoms with Gasteiger partial charge in [0.25, 0.3) is 0 Å². The predicted molar refractivity (Wildman–Crippen MR) is 117 cm³/mol. The molecule has 29 heavy (non-hydrogen) atoms. The quantitative estimate of drug-likeness (QED) is 0.554. The number of hydrogen-bond acceptors (Lipinski definition) is 8. The van der Waals surface area contributed by atoms with Crippen molar-refractivity contribution in [3.05, 3.63) is 29.6 Å². The first-order valence-corrected chi connectivity index (χ1v) is 11.4. The smallest absolute Gasteiger partial charge is 0.175 e. The van der Waals surface area contributed by atoms with Gasteiger partial charge in [-0.3, -0.25) is 0 Å². The maximum Gasteiger partial charge on any atom is 0.175 e. The van der Waals surface area contributed by atoms with Gasteiger partial charge in [0.05, 0.1) is 5.56 Å². The molecule has 1 aromatic carbocycles. The third kappa shape index (κ3) is 4.20. The standard InChI is InChI=1S/C20H23N7S2/c1-12(2)23-5-3-6-27-19-17(18(22)24-11-25-19)26-20(27)29-16-8-13-4-7-28-15(13)9-14(16)10-21/h8-9,11-12,23H,3-7H2,1-2H3,(H2,22,24,25). The Balaban J connectivity index is 1.69. The Bertz CT molecular complexity index is 1080. The number of nitrogens with zero attached hydrogens (tertiary/aromatic N) is 5. The second-order valence-electron chi connectivity index (χ2n) is 7.21. The van der Waals surface area contributed by atoms with E-state index < -0.39 is 0 Å². The van der Waals surface area contributed by atoms with Crippen molar-refractivity contribution in [3.63, 3.8) is 0 Å². The number of nitriles is 1. The summed E-state index contributed by atoms with van der Waals surface area (Å²) in [4.78, 5) is 15.4. The molecule has 0 amide bonds. The van der Waals surface area contributed by atoms with Crippen LogP contribution in [0.4, 0.5) is 5.82 Å². The normalized spacial score (nSPS) is 13.2. The number of aryl methyl sites for hydroxylation is 2. The third-order valence-corrected chi connectivity index (χ3v) is 6.90. The first kappa shape index (κ1) is 20.0. The largest absolute Gasteiger partial charge is 0.382 e. The van der Waals surface area contributed by atoms with E-state index in [-0.39, 0.29) is 0 Å². The molecule has 0 bridgehead atoms. The molecule has 7 nitrogen and oxygen atoms in total. The Morgan fingerprint density at radius 3 is 3.03 bits per heavy atom. The Morgan fingerprint density at radius 1 is 1.38 bits per heavy atom. The van der Waals surface area contributed by atoms with E-state index in [0.29, 0.717) is 22.9 Å². The highest BCUT2D eigenvalue weighted by atomic mass is 32.2. The zero-order chi connectivity index (χ0) is 20.4. The second kappa shape index (κ2) is 8.61. The zero-order valence-corrected chi connectivity index (χ0v) is 18.1. The molecule has 3 aromatic rings. The molecule has 0 spiro atoms. The van der Waals surface area contributed by atoms with E-state index in [9.17, 15) is 5.26 Å². The van der Waals surface area contributed by atoms with Gasteiger partial charge in [0, 0.05) is 28.1 Å². The molecule has 3 heterocycles. The highest BCUT2D eigenvalue weighted by Crippen LogP contribution is 2.39. The maximum absolute atomic E-state index is 9.66. The molecular formula is C20H23N7S2. The average Bonchev–Trinajstić information content (AvgIpc) is 3.29. The SMILES string of the molecule is CC(C)NCCCn1c(Sc2cc3c(cc2C#N)SCC3)nc2c(N)ncnc21. The van der Waals surface area contributed by atoms with Crippen LogP contribution < -0.4 is 11.1 Å². The third-order valence-electron chi connectivity index (χ3n) is 4.75. The monoisotopic (exact) mass is 425 g/mol. The highest BCUT2D eigenvalue weighted by Gasteiger charge is 2.20. The van der Waals surface area contributed by atoms with Gasteiger partial charge in [0.15, 0.2) is 22.1 Å². The van der Waals surface area contributed by atoms with E-state index >= 15 is 0 Å². The van der Waals surface area contributed by atoms with E-state index in [1.54, 1.807) is 0 Å². The summed E-state index contributed by atoms with van der Waals surface area (Å²) in [5, 5.41) is 13.9. The lowest BCUT2D eigenvalue weighted by atomic mass is 10.1. The van der Waals surface area contributed by atoms with E-state index in [0.717, 1.165) is 47.4 Å². The topological polar surface area (TPSA) is 105 Å². The first-order chi connectivity index (χ1) is 14.1. The number of imidazole rings is 1. The van der Waals surface area contributed by atoms with E-state index in [2.05, 4.69) is 45.8 Å². The number of nitrogens with one attached hydrogen (secondary N) is 1. The minimum Gasteiger partial charge on any atom is -0.382 e. The summed E-state index contributed by atoms with van der Waals surface area (Å²) in [5.74, 6) is 1.45. The number of hydrogen-bond donors (Lipinski definition) is 2. The molecule has 4 rings (SSSR count). The Morgan fingerprint density at radius 2 is 2.24 bits per heavy atom. The molecular weight excluding hydrogens is 402 g/mol. The van der Waals surface area contributed by atoms with E-state index in [4.69, 9.17) is 10.7 Å². The second-order valence-corrected chi connectivity index (χ2v) is 9.35. The van der Waals surface area contributed by atoms with Crippen molar-refractivity contribution in [2.45, 2.75) is 54.2 Å². The van der Waals surface area contributed by atoms with Crippen LogP contribution in [0.15, 0.2) is 33.4 Å². The molecule has 3 N–H and O–H groups in total. The highest BCUT2D eigenvalue weighted by molar-refractivity contribution is 8.00. The predicted octanol–water partition coefficient (Wildman–Crippen LogP) is 3.47. The molecule has 150 valence electrons. The molecule has 1 aliphatic heterocycles. The van der Waals surface area contributed by atoms with Gasteiger partial charge in [-0.05, 0) is 37.1 Å². The van der Waals surface area contributed by atoms with Gasteiger partial charge in [-0.25, -0.2) is 15.0 Å². The molecule has 0 radical (unpaired) electrons. The van der Waals surface area contributed by atoms with E-state index in [1.165, 1.54) is 28.5 Å². The van der Waals surface area contributed by atoms with Gasteiger partial charge < -0.3 is 15.6 Å². The van der Waals surface area contributed by atoms with Crippen molar-refractivity contribution in [2.75, 3.05) is 18.0 Å². The van der Waals surface area contributed by atoms with Crippen LogP contribution in [0.3, 0.4) is 0 Å². The molecule has 0 saturated carbocycles. The number of rotatable bonds is 7. The van der Waals surface area contributed by atoms with Crippen molar-refractivity contribution in [3.8, 4) is 6.07 Å². The summed E-state index contributed by atoms with van der Waals surface area (Å²) in [7, 11) is 0. The van der Waals surface area contributed by atoms with Gasteiger partial charge in [0.2, 0.25) is 0 Å². The van der Waals surface area contributed by atoms with Crippen molar-refractivity contribution < 1.29 is 0 Å². The number of aromatic nitrogens is 4. The van der Waals surface area contributed by atoms with Crippen LogP contribution in [0, 0.1) is 11.3 Å². The van der Waals surface area contributed by atoms with Crippen LogP contribution in [-0.4, -0.2) is 37.9 Å². The van der Waals surface area contributed by atoms with Gasteiger partial charge in [-0.1, -0.05) is 25.6 Å². The number of thioether (sulfide) groups is 1. The van der Waals surface area contributed by atoms with Crippen molar-refractivity contribution >= 4 is 40.5 Å². The van der Waals surface area contributed by atoms with Crippen LogP contribution in [0.25, 0.3) is 11.2 Å². The van der Waals surface area contributed by atoms with Gasteiger partial charge in [-0.2, -0.15) is 5.26 Å². The summed E-state index contributed by atoms with van der Waals surface area (Å²) in [6, 6.07) is 6.93. The molecule has 9 heteroatoms. The summed E-state index contributed by atoms with van der Waals surface area (Å²) < 4.78 is 2.09. The molecule has 0 aliphatic carbocycles. The number of nitrogens with two attached hydrogens (primary N) is 1. The van der Waals surface area contributed by atoms with Gasteiger partial charge in [0.1, 0.15) is 12.4 Å². The van der Waals surface area contributed by atoms with Crippen LogP contribution in [-0.2, 0) is 13.0 Å². The molecule has 0 fully saturated rings. The first-order valence-electron chi connectivity index (χ1n) is 9.64. The minimum absolute atomic E-state index is 0.377. The summed E-state index contributed by atoms with van der Waals surface area (Å²) in [6.07, 6.45) is 3.45. The van der Waals surface area contributed by atoms with Crippen LogP contribution in [0.2, 0.25) is 0 Å². The molecule has 0 unspecified atom stereocenters. The summed E-state index contributed by atoms with van der Waals surface area (Å²) in [5.41, 5.74) is 9.39. The fourth-order valence-electron chi connectivity index (χ4n) is 3.31. The van der Waals surface area contributed by atoms with Crippen molar-refractivity contribution in [1.82, 2.24) is 24.8 Å². The van der Waals surface area contributed by atoms with Gasteiger partial charge >= 0.3 is 0 Å². The Hall–Kier alpha value is -2.28. The molecule has 1 aliphatic rings. The van der Waals surface area contributed by atoms with Gasteiger partial charge in [-0.15, -0.1) is 11.8 Å². The fourth-order valence-corrected chi connectivity index (χ4v) is 5.44. The van der Waals surface area contributed by atoms with Crippen LogP contribution in [0.5, 0.6) is 0 Å².